The van der Waals surface area contributed by atoms with Gasteiger partial charge in [-0.1, -0.05) is 30.3 Å². The van der Waals surface area contributed by atoms with E-state index in [0.29, 0.717) is 17.8 Å². The second kappa shape index (κ2) is 9.27. The summed E-state index contributed by atoms with van der Waals surface area (Å²) in [6.07, 6.45) is 0.744. The van der Waals surface area contributed by atoms with Crippen molar-refractivity contribution in [3.63, 3.8) is 0 Å². The zero-order valence-electron chi connectivity index (χ0n) is 13.9. The number of allylic oxidation sites excluding steroid dienone is 2. The Morgan fingerprint density at radius 2 is 1.54 bits per heavy atom. The highest BCUT2D eigenvalue weighted by molar-refractivity contribution is 5.94. The minimum absolute atomic E-state index is 0.130. The summed E-state index contributed by atoms with van der Waals surface area (Å²) in [5.41, 5.74) is 1.71. The molecular formula is C20H15N5O. The van der Waals surface area contributed by atoms with Gasteiger partial charge >= 0.3 is 0 Å². The average molecular weight is 341 g/mol. The summed E-state index contributed by atoms with van der Waals surface area (Å²) < 4.78 is 0. The zero-order valence-corrected chi connectivity index (χ0v) is 13.9. The Morgan fingerprint density at radius 3 is 2.12 bits per heavy atom. The second-order valence-corrected chi connectivity index (χ2v) is 5.28. The molecule has 0 aliphatic carbocycles. The topological polar surface area (TPSA) is 112 Å². The van der Waals surface area contributed by atoms with Crippen LogP contribution in [0.4, 0.5) is 5.69 Å². The van der Waals surface area contributed by atoms with Crippen molar-refractivity contribution < 1.29 is 4.79 Å². The van der Waals surface area contributed by atoms with Crippen LogP contribution >= 0.6 is 0 Å². The van der Waals surface area contributed by atoms with Gasteiger partial charge in [0, 0.05) is 17.8 Å². The van der Waals surface area contributed by atoms with Crippen LogP contribution in [-0.2, 0) is 6.42 Å². The summed E-state index contributed by atoms with van der Waals surface area (Å²) in [7, 11) is 0. The van der Waals surface area contributed by atoms with E-state index in [1.165, 1.54) is 0 Å². The number of carbonyl (C=O) groups excluding carboxylic acids is 1. The van der Waals surface area contributed by atoms with Gasteiger partial charge in [-0.2, -0.15) is 15.8 Å². The Morgan fingerprint density at radius 1 is 0.885 bits per heavy atom. The first-order chi connectivity index (χ1) is 12.7. The third kappa shape index (κ3) is 4.96. The minimum atomic E-state index is -0.296. The van der Waals surface area contributed by atoms with E-state index in [4.69, 9.17) is 15.8 Å². The maximum absolute atomic E-state index is 12.1. The number of nitrogens with one attached hydrogen (secondary N) is 2. The third-order valence-electron chi connectivity index (χ3n) is 3.54. The molecule has 0 spiro atoms. The molecule has 6 heteroatoms. The van der Waals surface area contributed by atoms with Crippen LogP contribution in [0.25, 0.3) is 0 Å². The fourth-order valence-electron chi connectivity index (χ4n) is 2.20. The van der Waals surface area contributed by atoms with Gasteiger partial charge in [0.25, 0.3) is 5.91 Å². The first-order valence-corrected chi connectivity index (χ1v) is 7.81. The molecule has 2 rings (SSSR count). The Hall–Kier alpha value is -4.08. The minimum Gasteiger partial charge on any atom is -0.352 e. The van der Waals surface area contributed by atoms with E-state index < -0.39 is 0 Å². The molecule has 0 saturated carbocycles. The van der Waals surface area contributed by atoms with Gasteiger partial charge in [0.15, 0.2) is 5.57 Å². The SMILES string of the molecule is N#CC(C#N)=C(C#N)Nc1ccc(C(=O)NCCc2ccccc2)cc1. The first kappa shape index (κ1) is 18.3. The van der Waals surface area contributed by atoms with Crippen LogP contribution in [0.1, 0.15) is 15.9 Å². The molecular weight excluding hydrogens is 326 g/mol. The van der Waals surface area contributed by atoms with Crippen LogP contribution in [0.15, 0.2) is 65.9 Å². The van der Waals surface area contributed by atoms with Crippen molar-refractivity contribution in [1.29, 1.82) is 15.8 Å². The summed E-state index contributed by atoms with van der Waals surface area (Å²) in [5, 5.41) is 32.2. The van der Waals surface area contributed by atoms with Crippen molar-refractivity contribution in [3.8, 4) is 18.2 Å². The number of hydrogen-bond acceptors (Lipinski definition) is 5. The van der Waals surface area contributed by atoms with E-state index in [-0.39, 0.29) is 17.2 Å². The lowest BCUT2D eigenvalue weighted by Crippen LogP contribution is -2.25. The number of carbonyl (C=O) groups is 1. The molecule has 0 unspecified atom stereocenters. The number of nitriles is 3. The average Bonchev–Trinajstić information content (AvgIpc) is 2.69. The van der Waals surface area contributed by atoms with Gasteiger partial charge in [-0.3, -0.25) is 4.79 Å². The molecule has 2 N–H and O–H groups in total. The lowest BCUT2D eigenvalue weighted by molar-refractivity contribution is 0.0954. The van der Waals surface area contributed by atoms with Gasteiger partial charge in [-0.05, 0) is 36.2 Å². The Bertz CT molecular complexity index is 909. The molecule has 0 aliphatic rings. The van der Waals surface area contributed by atoms with Gasteiger partial charge in [-0.15, -0.1) is 0 Å². The molecule has 26 heavy (non-hydrogen) atoms. The van der Waals surface area contributed by atoms with Crippen molar-refractivity contribution in [1.82, 2.24) is 5.32 Å². The number of rotatable bonds is 6. The molecule has 0 heterocycles. The van der Waals surface area contributed by atoms with Crippen molar-refractivity contribution >= 4 is 11.6 Å². The van der Waals surface area contributed by atoms with E-state index in [0.717, 1.165) is 12.0 Å². The number of nitrogens with zero attached hydrogens (tertiary/aromatic N) is 3. The van der Waals surface area contributed by atoms with E-state index in [9.17, 15) is 4.79 Å². The Kier molecular flexibility index (Phi) is 6.51. The van der Waals surface area contributed by atoms with Gasteiger partial charge < -0.3 is 10.6 Å². The summed E-state index contributed by atoms with van der Waals surface area (Å²) >= 11 is 0. The number of anilines is 1. The molecule has 0 bridgehead atoms. The lowest BCUT2D eigenvalue weighted by Gasteiger charge is -2.08. The summed E-state index contributed by atoms with van der Waals surface area (Å²) in [6, 6.07) is 21.4. The molecule has 0 aromatic heterocycles. The molecule has 0 radical (unpaired) electrons. The maximum atomic E-state index is 12.1. The van der Waals surface area contributed by atoms with Gasteiger partial charge in [0.05, 0.1) is 0 Å². The molecule has 0 aliphatic heterocycles. The van der Waals surface area contributed by atoms with Crippen molar-refractivity contribution in [3.05, 3.63) is 77.0 Å². The molecule has 2 aromatic rings. The first-order valence-electron chi connectivity index (χ1n) is 7.81. The van der Waals surface area contributed by atoms with Gasteiger partial charge in [0.2, 0.25) is 0 Å². The number of hydrogen-bond donors (Lipinski definition) is 2. The normalized spacial score (nSPS) is 9.12. The largest absolute Gasteiger partial charge is 0.352 e. The quantitative estimate of drug-likeness (QED) is 0.784. The number of amides is 1. The van der Waals surface area contributed by atoms with E-state index in [2.05, 4.69) is 10.6 Å². The van der Waals surface area contributed by atoms with Crippen molar-refractivity contribution in [2.24, 2.45) is 0 Å². The molecule has 0 saturated heterocycles. The van der Waals surface area contributed by atoms with Crippen molar-refractivity contribution in [2.45, 2.75) is 6.42 Å². The Balaban J connectivity index is 1.95. The molecule has 2 aromatic carbocycles. The summed E-state index contributed by atoms with van der Waals surface area (Å²) in [6.45, 7) is 0.526. The standard InChI is InChI=1S/C20H15N5O/c21-12-17(13-22)19(14-23)25-18-8-6-16(7-9-18)20(26)24-11-10-15-4-2-1-3-5-15/h1-9,25H,10-11H2,(H,24,26). The maximum Gasteiger partial charge on any atom is 0.251 e. The highest BCUT2D eigenvalue weighted by Crippen LogP contribution is 2.13. The highest BCUT2D eigenvalue weighted by atomic mass is 16.1. The van der Waals surface area contributed by atoms with E-state index >= 15 is 0 Å². The Labute approximate surface area is 151 Å². The van der Waals surface area contributed by atoms with E-state index in [1.807, 2.05) is 30.3 Å². The number of benzene rings is 2. The van der Waals surface area contributed by atoms with Crippen molar-refractivity contribution in [2.75, 3.05) is 11.9 Å². The highest BCUT2D eigenvalue weighted by Gasteiger charge is 2.08. The fraction of sp³-hybridized carbons (Fsp3) is 0.100. The zero-order chi connectivity index (χ0) is 18.8. The smallest absolute Gasteiger partial charge is 0.251 e. The van der Waals surface area contributed by atoms with Gasteiger partial charge in [-0.25, -0.2) is 0 Å². The monoisotopic (exact) mass is 341 g/mol. The predicted octanol–water partition coefficient (Wildman–Crippen LogP) is 2.90. The molecule has 126 valence electrons. The van der Waals surface area contributed by atoms with Crippen LogP contribution < -0.4 is 10.6 Å². The molecule has 0 fully saturated rings. The molecule has 6 nitrogen and oxygen atoms in total. The molecule has 0 atom stereocenters. The van der Waals surface area contributed by atoms with Gasteiger partial charge in [0.1, 0.15) is 23.9 Å². The van der Waals surface area contributed by atoms with Crippen LogP contribution in [0.2, 0.25) is 0 Å². The third-order valence-corrected chi connectivity index (χ3v) is 3.54. The van der Waals surface area contributed by atoms with Crippen LogP contribution in [0.5, 0.6) is 0 Å². The van der Waals surface area contributed by atoms with E-state index in [1.54, 1.807) is 42.5 Å². The summed E-state index contributed by atoms with van der Waals surface area (Å²) in [4.78, 5) is 12.1. The van der Waals surface area contributed by atoms with Crippen LogP contribution in [0, 0.1) is 34.0 Å². The van der Waals surface area contributed by atoms with Crippen LogP contribution in [0.3, 0.4) is 0 Å². The van der Waals surface area contributed by atoms with Crippen LogP contribution in [-0.4, -0.2) is 12.5 Å². The lowest BCUT2D eigenvalue weighted by atomic mass is 10.1. The second-order valence-electron chi connectivity index (χ2n) is 5.28. The summed E-state index contributed by atoms with van der Waals surface area (Å²) in [5.74, 6) is -0.196. The molecule has 1 amide bonds. The predicted molar refractivity (Wildman–Crippen MR) is 96.4 cm³/mol. The fourth-order valence-corrected chi connectivity index (χ4v) is 2.20.